The molecule has 0 radical (unpaired) electrons. The van der Waals surface area contributed by atoms with Gasteiger partial charge < -0.3 is 19.9 Å². The van der Waals surface area contributed by atoms with E-state index in [1.165, 1.54) is 7.05 Å². The number of nitrogens with one attached hydrogen (secondary N) is 2. The maximum absolute atomic E-state index is 11.8. The quantitative estimate of drug-likeness (QED) is 0.533. The monoisotopic (exact) mass is 431 g/mol. The molecule has 30 heavy (non-hydrogen) atoms. The molecule has 1 aliphatic heterocycles. The topological polar surface area (TPSA) is 86.3 Å². The van der Waals surface area contributed by atoms with Gasteiger partial charge in [-0.25, -0.2) is 13.1 Å². The summed E-state index contributed by atoms with van der Waals surface area (Å²) in [6, 6.07) is 14.9. The van der Waals surface area contributed by atoms with Crippen LogP contribution in [0.15, 0.2) is 58.4 Å². The minimum Gasteiger partial charge on any atom is -0.495 e. The van der Waals surface area contributed by atoms with Crippen molar-refractivity contribution >= 4 is 21.7 Å². The number of hydrogen-bond acceptors (Lipinski definition) is 5. The van der Waals surface area contributed by atoms with Gasteiger partial charge in [0.2, 0.25) is 10.0 Å². The van der Waals surface area contributed by atoms with Crippen molar-refractivity contribution in [2.45, 2.75) is 11.4 Å². The number of para-hydroxylation sites is 2. The Hall–Kier alpha value is -2.78. The van der Waals surface area contributed by atoms with Crippen LogP contribution in [0.3, 0.4) is 0 Å². The van der Waals surface area contributed by atoms with Gasteiger partial charge in [-0.05, 0) is 36.9 Å². The first-order valence-electron chi connectivity index (χ1n) is 9.84. The Balaban J connectivity index is 1.56. The van der Waals surface area contributed by atoms with Gasteiger partial charge in [-0.2, -0.15) is 0 Å². The number of rotatable bonds is 6. The highest BCUT2D eigenvalue weighted by atomic mass is 32.2. The van der Waals surface area contributed by atoms with Gasteiger partial charge in [0.15, 0.2) is 5.96 Å². The van der Waals surface area contributed by atoms with Crippen molar-refractivity contribution in [3.8, 4) is 5.75 Å². The van der Waals surface area contributed by atoms with Crippen LogP contribution in [-0.4, -0.2) is 66.7 Å². The summed E-state index contributed by atoms with van der Waals surface area (Å²) in [6.45, 7) is 4.00. The number of methoxy groups -OCH3 is 1. The fourth-order valence-electron chi connectivity index (χ4n) is 3.47. The van der Waals surface area contributed by atoms with Crippen LogP contribution in [-0.2, 0) is 16.6 Å². The van der Waals surface area contributed by atoms with E-state index in [1.54, 1.807) is 26.3 Å². The standard InChI is InChI=1S/C21H29N5O3S/c1-22-21(24-16-17-8-10-18(11-9-17)30(27,28)23-2)26-14-12-25(13-15-26)19-6-4-5-7-20(19)29-3/h4-11,23H,12-16H2,1-3H3,(H,22,24). The molecule has 1 heterocycles. The Morgan fingerprint density at radius 1 is 1.07 bits per heavy atom. The van der Waals surface area contributed by atoms with Gasteiger partial charge in [0.1, 0.15) is 5.75 Å². The molecule has 2 N–H and O–H groups in total. The maximum Gasteiger partial charge on any atom is 0.240 e. The molecule has 0 atom stereocenters. The van der Waals surface area contributed by atoms with E-state index in [9.17, 15) is 8.42 Å². The molecule has 0 amide bonds. The number of piperazine rings is 1. The summed E-state index contributed by atoms with van der Waals surface area (Å²) in [5, 5.41) is 3.37. The Kier molecular flexibility index (Phi) is 7.17. The molecule has 0 bridgehead atoms. The van der Waals surface area contributed by atoms with Crippen LogP contribution in [0.5, 0.6) is 5.75 Å². The zero-order chi connectivity index (χ0) is 21.6. The molecular formula is C21H29N5O3S. The fraction of sp³-hybridized carbons (Fsp3) is 0.381. The third-order valence-corrected chi connectivity index (χ3v) is 6.60. The molecule has 2 aromatic carbocycles. The van der Waals surface area contributed by atoms with Crippen molar-refractivity contribution in [3.05, 3.63) is 54.1 Å². The average molecular weight is 432 g/mol. The predicted molar refractivity (Wildman–Crippen MR) is 120 cm³/mol. The minimum atomic E-state index is -3.42. The van der Waals surface area contributed by atoms with Crippen molar-refractivity contribution in [3.63, 3.8) is 0 Å². The molecule has 2 aromatic rings. The molecule has 0 saturated carbocycles. The second kappa shape index (κ2) is 9.82. The van der Waals surface area contributed by atoms with Gasteiger partial charge in [0.25, 0.3) is 0 Å². The van der Waals surface area contributed by atoms with Crippen LogP contribution in [0.1, 0.15) is 5.56 Å². The van der Waals surface area contributed by atoms with E-state index in [1.807, 2.05) is 30.3 Å². The Morgan fingerprint density at radius 3 is 2.33 bits per heavy atom. The van der Waals surface area contributed by atoms with Crippen LogP contribution < -0.4 is 19.7 Å². The summed E-state index contributed by atoms with van der Waals surface area (Å²) in [6.07, 6.45) is 0. The molecule has 8 nitrogen and oxygen atoms in total. The highest BCUT2D eigenvalue weighted by molar-refractivity contribution is 7.89. The van der Waals surface area contributed by atoms with Crippen LogP contribution in [0, 0.1) is 0 Å². The highest BCUT2D eigenvalue weighted by Crippen LogP contribution is 2.28. The normalized spacial score (nSPS) is 15.2. The van der Waals surface area contributed by atoms with Gasteiger partial charge >= 0.3 is 0 Å². The SMILES string of the molecule is CN=C(NCc1ccc(S(=O)(=O)NC)cc1)N1CCN(c2ccccc2OC)CC1. The lowest BCUT2D eigenvalue weighted by Crippen LogP contribution is -2.52. The van der Waals surface area contributed by atoms with Crippen molar-refractivity contribution < 1.29 is 13.2 Å². The van der Waals surface area contributed by atoms with E-state index in [0.29, 0.717) is 6.54 Å². The van der Waals surface area contributed by atoms with Crippen LogP contribution in [0.2, 0.25) is 0 Å². The Labute approximate surface area is 178 Å². The summed E-state index contributed by atoms with van der Waals surface area (Å²) >= 11 is 0. The van der Waals surface area contributed by atoms with E-state index in [4.69, 9.17) is 4.74 Å². The molecule has 0 aromatic heterocycles. The Morgan fingerprint density at radius 2 is 1.73 bits per heavy atom. The van der Waals surface area contributed by atoms with Crippen LogP contribution >= 0.6 is 0 Å². The maximum atomic E-state index is 11.8. The van der Waals surface area contributed by atoms with E-state index in [2.05, 4.69) is 30.9 Å². The lowest BCUT2D eigenvalue weighted by molar-refractivity contribution is 0.367. The van der Waals surface area contributed by atoms with Gasteiger partial charge in [-0.3, -0.25) is 4.99 Å². The largest absolute Gasteiger partial charge is 0.495 e. The van der Waals surface area contributed by atoms with Gasteiger partial charge in [0.05, 0.1) is 17.7 Å². The van der Waals surface area contributed by atoms with Crippen molar-refractivity contribution in [1.29, 1.82) is 0 Å². The average Bonchev–Trinajstić information content (AvgIpc) is 2.80. The molecule has 0 unspecified atom stereocenters. The van der Waals surface area contributed by atoms with Crippen molar-refractivity contribution in [2.24, 2.45) is 4.99 Å². The lowest BCUT2D eigenvalue weighted by Gasteiger charge is -2.38. The molecule has 162 valence electrons. The molecule has 1 fully saturated rings. The number of sulfonamides is 1. The molecule has 1 saturated heterocycles. The summed E-state index contributed by atoms with van der Waals surface area (Å²) in [7, 11) is 1.46. The molecule has 9 heteroatoms. The fourth-order valence-corrected chi connectivity index (χ4v) is 4.20. The smallest absolute Gasteiger partial charge is 0.240 e. The summed E-state index contributed by atoms with van der Waals surface area (Å²) in [5.74, 6) is 1.72. The first-order chi connectivity index (χ1) is 14.5. The van der Waals surface area contributed by atoms with E-state index >= 15 is 0 Å². The first-order valence-corrected chi connectivity index (χ1v) is 11.3. The zero-order valence-corrected chi connectivity index (χ0v) is 18.4. The molecule has 0 aliphatic carbocycles. The summed E-state index contributed by atoms with van der Waals surface area (Å²) in [4.78, 5) is 9.22. The summed E-state index contributed by atoms with van der Waals surface area (Å²) < 4.78 is 31.5. The predicted octanol–water partition coefficient (Wildman–Crippen LogP) is 1.50. The van der Waals surface area contributed by atoms with Gasteiger partial charge in [-0.15, -0.1) is 0 Å². The van der Waals surface area contributed by atoms with Crippen LogP contribution in [0.4, 0.5) is 5.69 Å². The second-order valence-corrected chi connectivity index (χ2v) is 8.78. The first kappa shape index (κ1) is 21.9. The van der Waals surface area contributed by atoms with Crippen molar-refractivity contribution in [2.75, 3.05) is 52.3 Å². The van der Waals surface area contributed by atoms with Crippen LogP contribution in [0.25, 0.3) is 0 Å². The highest BCUT2D eigenvalue weighted by Gasteiger charge is 2.21. The number of aliphatic imine (C=N–C) groups is 1. The Bertz CT molecular complexity index is 968. The third kappa shape index (κ3) is 5.03. The molecular weight excluding hydrogens is 402 g/mol. The lowest BCUT2D eigenvalue weighted by atomic mass is 10.2. The number of ether oxygens (including phenoxy) is 1. The van der Waals surface area contributed by atoms with E-state index < -0.39 is 10.0 Å². The molecule has 3 rings (SSSR count). The number of hydrogen-bond donors (Lipinski definition) is 2. The number of nitrogens with zero attached hydrogens (tertiary/aromatic N) is 3. The van der Waals surface area contributed by atoms with Gasteiger partial charge in [-0.1, -0.05) is 24.3 Å². The minimum absolute atomic E-state index is 0.255. The van der Waals surface area contributed by atoms with E-state index in [-0.39, 0.29) is 4.90 Å². The molecule has 0 spiro atoms. The van der Waals surface area contributed by atoms with E-state index in [0.717, 1.165) is 49.1 Å². The summed E-state index contributed by atoms with van der Waals surface area (Å²) in [5.41, 5.74) is 2.10. The number of anilines is 1. The third-order valence-electron chi connectivity index (χ3n) is 5.17. The van der Waals surface area contributed by atoms with Gasteiger partial charge in [0, 0.05) is 39.8 Å². The van der Waals surface area contributed by atoms with Crippen molar-refractivity contribution in [1.82, 2.24) is 14.9 Å². The number of benzene rings is 2. The zero-order valence-electron chi connectivity index (χ0n) is 17.6. The number of guanidine groups is 1. The second-order valence-electron chi connectivity index (χ2n) is 6.90. The molecule has 1 aliphatic rings.